The minimum absolute atomic E-state index is 0.139. The first kappa shape index (κ1) is 48.2. The van der Waals surface area contributed by atoms with Gasteiger partial charge in [-0.1, -0.05) is 126 Å². The number of allylic oxidation sites excluding steroid dienone is 10. The van der Waals surface area contributed by atoms with Crippen molar-refractivity contribution in [3.63, 3.8) is 0 Å². The maximum absolute atomic E-state index is 12.2. The fraction of sp³-hybridized carbons (Fsp3) is 0.667. The Kier molecular flexibility index (Phi) is 32.4. The van der Waals surface area contributed by atoms with Crippen molar-refractivity contribution >= 4 is 25.7 Å². The molecule has 0 aliphatic rings. The molecule has 3 unspecified atom stereocenters. The van der Waals surface area contributed by atoms with E-state index < -0.39 is 57.6 Å². The summed E-state index contributed by atoms with van der Waals surface area (Å²) in [5.41, 5.74) is 0. The SMILES string of the molecule is CC/C=C\C/C=C\C/C=C\C/C=C\C/C=C\CCCCCCCC(=O)OCC(O)COP(=O)(O)OCC(NC(=O)CCCCCCCC)C(=O)O. The molecular formula is C39H66NO10P. The summed E-state index contributed by atoms with van der Waals surface area (Å²) in [4.78, 5) is 45.4. The molecule has 0 radical (unpaired) electrons. The Morgan fingerprint density at radius 2 is 1.14 bits per heavy atom. The number of carbonyl (C=O) groups excluding carboxylic acids is 2. The van der Waals surface area contributed by atoms with Crippen LogP contribution in [-0.4, -0.2) is 64.9 Å². The fourth-order valence-corrected chi connectivity index (χ4v) is 5.41. The standard InChI is InChI=1S/C39H66NO10P/c1-3-5-7-9-11-12-13-14-15-16-17-18-19-20-21-22-23-24-25-27-29-31-38(43)48-32-35(41)33-49-51(46,47)50-34-36(39(44)45)40-37(42)30-28-26-10-8-6-4-2/h5,7,11-12,14-15,17-18,20-21,35-36,41H,3-4,6,8-10,13,16,19,22-34H2,1-2H3,(H,40,42)(H,44,45)(H,46,47)/b7-5-,12-11-,15-14-,18-17-,21-20-. The van der Waals surface area contributed by atoms with Gasteiger partial charge in [-0.05, 0) is 57.8 Å². The van der Waals surface area contributed by atoms with Crippen molar-refractivity contribution < 1.29 is 47.8 Å². The molecular weight excluding hydrogens is 673 g/mol. The second-order valence-electron chi connectivity index (χ2n) is 12.4. The molecule has 0 aliphatic heterocycles. The van der Waals surface area contributed by atoms with E-state index in [-0.39, 0.29) is 12.8 Å². The van der Waals surface area contributed by atoms with Crippen LogP contribution in [0.4, 0.5) is 0 Å². The highest BCUT2D eigenvalue weighted by Gasteiger charge is 2.28. The van der Waals surface area contributed by atoms with Crippen molar-refractivity contribution in [2.24, 2.45) is 0 Å². The van der Waals surface area contributed by atoms with Crippen LogP contribution < -0.4 is 5.32 Å². The Morgan fingerprint density at radius 3 is 1.71 bits per heavy atom. The van der Waals surface area contributed by atoms with Gasteiger partial charge in [-0.3, -0.25) is 18.6 Å². The predicted octanol–water partition coefficient (Wildman–Crippen LogP) is 8.83. The van der Waals surface area contributed by atoms with Gasteiger partial charge in [-0.25, -0.2) is 9.36 Å². The van der Waals surface area contributed by atoms with Crippen LogP contribution >= 0.6 is 7.82 Å². The minimum Gasteiger partial charge on any atom is -0.480 e. The number of rotatable bonds is 34. The number of unbranched alkanes of at least 4 members (excludes halogenated alkanes) is 10. The zero-order valence-corrected chi connectivity index (χ0v) is 32.0. The normalized spacial score (nSPS) is 14.6. The number of hydrogen-bond donors (Lipinski definition) is 4. The second-order valence-corrected chi connectivity index (χ2v) is 13.8. The van der Waals surface area contributed by atoms with Crippen LogP contribution in [0.5, 0.6) is 0 Å². The fourth-order valence-electron chi connectivity index (χ4n) is 4.63. The summed E-state index contributed by atoms with van der Waals surface area (Å²) in [5.74, 6) is -2.42. The van der Waals surface area contributed by atoms with E-state index >= 15 is 0 Å². The summed E-state index contributed by atoms with van der Waals surface area (Å²) in [5, 5.41) is 21.6. The third-order valence-corrected chi connectivity index (χ3v) is 8.52. The van der Waals surface area contributed by atoms with Gasteiger partial charge < -0.3 is 25.2 Å². The third kappa shape index (κ3) is 34.1. The first-order valence-electron chi connectivity index (χ1n) is 18.8. The van der Waals surface area contributed by atoms with E-state index in [0.29, 0.717) is 12.8 Å². The highest BCUT2D eigenvalue weighted by Crippen LogP contribution is 2.43. The molecule has 292 valence electrons. The summed E-state index contributed by atoms with van der Waals surface area (Å²) < 4.78 is 26.6. The maximum atomic E-state index is 12.2. The topological polar surface area (TPSA) is 169 Å². The highest BCUT2D eigenvalue weighted by molar-refractivity contribution is 7.47. The number of carboxylic acid groups (broad SMARTS) is 1. The van der Waals surface area contributed by atoms with Crippen LogP contribution in [0.25, 0.3) is 0 Å². The number of aliphatic hydroxyl groups is 1. The van der Waals surface area contributed by atoms with E-state index in [2.05, 4.69) is 79.9 Å². The molecule has 11 nitrogen and oxygen atoms in total. The van der Waals surface area contributed by atoms with Gasteiger partial charge in [0.15, 0.2) is 6.04 Å². The minimum atomic E-state index is -4.75. The van der Waals surface area contributed by atoms with E-state index in [1.54, 1.807) is 0 Å². The molecule has 12 heteroatoms. The van der Waals surface area contributed by atoms with Gasteiger partial charge in [0, 0.05) is 12.8 Å². The van der Waals surface area contributed by atoms with Crippen molar-refractivity contribution in [3.8, 4) is 0 Å². The quantitative estimate of drug-likeness (QED) is 0.0217. The van der Waals surface area contributed by atoms with Gasteiger partial charge in [-0.2, -0.15) is 0 Å². The molecule has 0 heterocycles. The van der Waals surface area contributed by atoms with Gasteiger partial charge in [0.25, 0.3) is 0 Å². The molecule has 0 aromatic rings. The number of amides is 1. The summed E-state index contributed by atoms with van der Waals surface area (Å²) in [6.07, 6.45) is 37.3. The molecule has 0 saturated heterocycles. The Labute approximate surface area is 306 Å². The average Bonchev–Trinajstić information content (AvgIpc) is 3.10. The first-order chi connectivity index (χ1) is 24.6. The van der Waals surface area contributed by atoms with Crippen LogP contribution in [0.15, 0.2) is 60.8 Å². The molecule has 51 heavy (non-hydrogen) atoms. The molecule has 0 spiro atoms. The number of aliphatic carboxylic acids is 1. The molecule has 0 fully saturated rings. The Hall–Kier alpha value is -2.82. The van der Waals surface area contributed by atoms with E-state index in [1.165, 1.54) is 0 Å². The van der Waals surface area contributed by atoms with Crippen LogP contribution in [-0.2, 0) is 32.7 Å². The van der Waals surface area contributed by atoms with Crippen molar-refractivity contribution in [1.82, 2.24) is 5.32 Å². The van der Waals surface area contributed by atoms with Gasteiger partial charge in [0.1, 0.15) is 12.7 Å². The number of carbonyl (C=O) groups is 3. The molecule has 4 N–H and O–H groups in total. The summed E-state index contributed by atoms with van der Waals surface area (Å²) >= 11 is 0. The van der Waals surface area contributed by atoms with E-state index in [4.69, 9.17) is 13.8 Å². The van der Waals surface area contributed by atoms with Crippen LogP contribution in [0.1, 0.15) is 136 Å². The van der Waals surface area contributed by atoms with Crippen molar-refractivity contribution in [3.05, 3.63) is 60.8 Å². The van der Waals surface area contributed by atoms with Crippen LogP contribution in [0.2, 0.25) is 0 Å². The lowest BCUT2D eigenvalue weighted by Crippen LogP contribution is -2.43. The predicted molar refractivity (Wildman–Crippen MR) is 203 cm³/mol. The van der Waals surface area contributed by atoms with Crippen LogP contribution in [0.3, 0.4) is 0 Å². The van der Waals surface area contributed by atoms with Gasteiger partial charge in [-0.15, -0.1) is 0 Å². The Balaban J connectivity index is 3.92. The number of hydrogen-bond acceptors (Lipinski definition) is 8. The Bertz CT molecular complexity index is 1100. The molecule has 0 rings (SSSR count). The van der Waals surface area contributed by atoms with Gasteiger partial charge in [0.2, 0.25) is 5.91 Å². The van der Waals surface area contributed by atoms with Crippen molar-refractivity contribution in [2.45, 2.75) is 148 Å². The number of aliphatic hydroxyl groups excluding tert-OH is 1. The number of phosphoric acid groups is 1. The van der Waals surface area contributed by atoms with Crippen molar-refractivity contribution in [1.29, 1.82) is 0 Å². The monoisotopic (exact) mass is 739 g/mol. The largest absolute Gasteiger partial charge is 0.480 e. The molecule has 0 aromatic carbocycles. The second kappa shape index (κ2) is 34.3. The average molecular weight is 740 g/mol. The lowest BCUT2D eigenvalue weighted by atomic mass is 10.1. The third-order valence-electron chi connectivity index (χ3n) is 7.57. The number of carboxylic acids is 1. The zero-order chi connectivity index (χ0) is 37.8. The lowest BCUT2D eigenvalue weighted by molar-refractivity contribution is -0.147. The summed E-state index contributed by atoms with van der Waals surface area (Å²) in [7, 11) is -4.75. The zero-order valence-electron chi connectivity index (χ0n) is 31.1. The van der Waals surface area contributed by atoms with E-state index in [0.717, 1.165) is 96.3 Å². The highest BCUT2D eigenvalue weighted by atomic mass is 31.2. The summed E-state index contributed by atoms with van der Waals surface area (Å²) in [6.45, 7) is 2.33. The smallest absolute Gasteiger partial charge is 0.472 e. The van der Waals surface area contributed by atoms with Gasteiger partial charge >= 0.3 is 19.8 Å². The molecule has 1 amide bonds. The van der Waals surface area contributed by atoms with Crippen LogP contribution in [0, 0.1) is 0 Å². The molecule has 0 saturated carbocycles. The van der Waals surface area contributed by atoms with Gasteiger partial charge in [0.05, 0.1) is 13.2 Å². The molecule has 0 aliphatic carbocycles. The maximum Gasteiger partial charge on any atom is 0.472 e. The number of phosphoric ester groups is 1. The number of ether oxygens (including phenoxy) is 1. The van der Waals surface area contributed by atoms with E-state index in [9.17, 15) is 34.1 Å². The first-order valence-corrected chi connectivity index (χ1v) is 20.3. The lowest BCUT2D eigenvalue weighted by Gasteiger charge is -2.18. The molecule has 0 bridgehead atoms. The summed E-state index contributed by atoms with van der Waals surface area (Å²) in [6, 6.07) is -1.54. The van der Waals surface area contributed by atoms with E-state index in [1.807, 2.05) is 0 Å². The Morgan fingerprint density at radius 1 is 0.647 bits per heavy atom. The number of nitrogens with one attached hydrogen (secondary N) is 1. The number of esters is 1. The molecule has 0 aromatic heterocycles. The van der Waals surface area contributed by atoms with Crippen molar-refractivity contribution in [2.75, 3.05) is 19.8 Å². The molecule has 3 atom stereocenters.